The van der Waals surface area contributed by atoms with Gasteiger partial charge in [-0.05, 0) is 42.3 Å². The largest absolute Gasteiger partial charge is 0.443 e. The van der Waals surface area contributed by atoms with Gasteiger partial charge in [-0.1, -0.05) is 49.4 Å². The van der Waals surface area contributed by atoms with Gasteiger partial charge in [-0.3, -0.25) is 9.59 Å². The van der Waals surface area contributed by atoms with Crippen molar-refractivity contribution in [3.63, 3.8) is 0 Å². The highest BCUT2D eigenvalue weighted by atomic mass is 19.1. The number of anilines is 2. The van der Waals surface area contributed by atoms with Crippen LogP contribution in [-0.4, -0.2) is 16.8 Å². The second-order valence-electron chi connectivity index (χ2n) is 7.00. The summed E-state index contributed by atoms with van der Waals surface area (Å²) >= 11 is 0. The van der Waals surface area contributed by atoms with Gasteiger partial charge in [-0.2, -0.15) is 0 Å². The predicted molar refractivity (Wildman–Crippen MR) is 120 cm³/mol. The van der Waals surface area contributed by atoms with Crippen molar-refractivity contribution in [3.05, 3.63) is 102 Å². The number of halogens is 1. The van der Waals surface area contributed by atoms with Crippen LogP contribution in [0.4, 0.5) is 15.8 Å². The molecule has 0 unspecified atom stereocenters. The molecule has 1 aromatic heterocycles. The van der Waals surface area contributed by atoms with Gasteiger partial charge < -0.3 is 15.1 Å². The number of aromatic nitrogens is 1. The summed E-state index contributed by atoms with van der Waals surface area (Å²) < 4.78 is 19.0. The highest BCUT2D eigenvalue weighted by molar-refractivity contribution is 6.11. The Bertz CT molecular complexity index is 1280. The van der Waals surface area contributed by atoms with Crippen molar-refractivity contribution in [1.29, 1.82) is 0 Å². The Hall–Kier alpha value is -4.26. The van der Waals surface area contributed by atoms with Crippen LogP contribution in [0.15, 0.2) is 83.6 Å². The molecule has 0 aliphatic heterocycles. The van der Waals surface area contributed by atoms with E-state index in [2.05, 4.69) is 15.6 Å². The first-order valence-electron chi connectivity index (χ1n) is 10.1. The highest BCUT2D eigenvalue weighted by Crippen LogP contribution is 2.28. The summed E-state index contributed by atoms with van der Waals surface area (Å²) in [5, 5.41) is 5.53. The van der Waals surface area contributed by atoms with Crippen molar-refractivity contribution < 1.29 is 18.4 Å². The molecule has 0 fully saturated rings. The van der Waals surface area contributed by atoms with Gasteiger partial charge in [0, 0.05) is 16.9 Å². The zero-order valence-electron chi connectivity index (χ0n) is 17.3. The lowest BCUT2D eigenvalue weighted by molar-refractivity contribution is 0.101. The molecular formula is C25H20FN3O3. The number of para-hydroxylation sites is 1. The van der Waals surface area contributed by atoms with Crippen molar-refractivity contribution >= 4 is 23.2 Å². The standard InChI is InChI=1S/C25H20FN3O3/c1-2-16-8-3-6-13-21(16)29-25(31)22-23(32-15-27-22)19-11-4-5-12-20(19)24(30)28-18-10-7-9-17(26)14-18/h3-15H,2H2,1H3,(H,28,30)(H,29,31). The van der Waals surface area contributed by atoms with Crippen LogP contribution in [0.2, 0.25) is 0 Å². The lowest BCUT2D eigenvalue weighted by Crippen LogP contribution is -2.16. The Morgan fingerprint density at radius 2 is 1.72 bits per heavy atom. The summed E-state index contributed by atoms with van der Waals surface area (Å²) in [5.74, 6) is -1.21. The Labute approximate surface area is 184 Å². The lowest BCUT2D eigenvalue weighted by Gasteiger charge is -2.11. The fourth-order valence-corrected chi connectivity index (χ4v) is 3.37. The van der Waals surface area contributed by atoms with E-state index in [4.69, 9.17) is 4.42 Å². The van der Waals surface area contributed by atoms with Crippen LogP contribution in [-0.2, 0) is 6.42 Å². The van der Waals surface area contributed by atoms with Crippen LogP contribution in [0, 0.1) is 5.82 Å². The quantitative estimate of drug-likeness (QED) is 0.421. The SMILES string of the molecule is CCc1ccccc1NC(=O)c1ncoc1-c1ccccc1C(=O)Nc1cccc(F)c1. The molecule has 7 heteroatoms. The fraction of sp³-hybridized carbons (Fsp3) is 0.0800. The molecule has 6 nitrogen and oxygen atoms in total. The minimum atomic E-state index is -0.467. The number of hydrogen-bond acceptors (Lipinski definition) is 4. The smallest absolute Gasteiger partial charge is 0.278 e. The predicted octanol–water partition coefficient (Wildman–Crippen LogP) is 5.55. The number of nitrogens with zero attached hydrogens (tertiary/aromatic N) is 1. The number of benzene rings is 3. The van der Waals surface area contributed by atoms with Crippen LogP contribution in [0.5, 0.6) is 0 Å². The van der Waals surface area contributed by atoms with E-state index in [0.29, 0.717) is 16.9 Å². The second-order valence-corrected chi connectivity index (χ2v) is 7.00. The third-order valence-electron chi connectivity index (χ3n) is 4.93. The molecule has 0 spiro atoms. The summed E-state index contributed by atoms with van der Waals surface area (Å²) in [5.41, 5.74) is 2.70. The van der Waals surface area contributed by atoms with E-state index < -0.39 is 17.6 Å². The van der Waals surface area contributed by atoms with Crippen molar-refractivity contribution in [2.75, 3.05) is 10.6 Å². The van der Waals surface area contributed by atoms with Crippen molar-refractivity contribution in [3.8, 4) is 11.3 Å². The summed E-state index contributed by atoms with van der Waals surface area (Å²) in [6.07, 6.45) is 1.92. The summed E-state index contributed by atoms with van der Waals surface area (Å²) in [7, 11) is 0. The van der Waals surface area contributed by atoms with E-state index in [1.54, 1.807) is 30.3 Å². The van der Waals surface area contributed by atoms with Crippen molar-refractivity contribution in [1.82, 2.24) is 4.98 Å². The molecular weight excluding hydrogens is 409 g/mol. The van der Waals surface area contributed by atoms with Gasteiger partial charge in [-0.15, -0.1) is 0 Å². The summed E-state index contributed by atoms with van der Waals surface area (Å²) in [6.45, 7) is 2.00. The zero-order chi connectivity index (χ0) is 22.5. The molecule has 0 bridgehead atoms. The first kappa shape index (κ1) is 21.0. The van der Waals surface area contributed by atoms with Gasteiger partial charge in [0.15, 0.2) is 17.8 Å². The molecule has 0 radical (unpaired) electrons. The van der Waals surface area contributed by atoms with Gasteiger partial charge in [0.25, 0.3) is 11.8 Å². The van der Waals surface area contributed by atoms with Crippen molar-refractivity contribution in [2.45, 2.75) is 13.3 Å². The molecule has 4 rings (SSSR count). The molecule has 4 aromatic rings. The van der Waals surface area contributed by atoms with Crippen LogP contribution < -0.4 is 10.6 Å². The van der Waals surface area contributed by atoms with E-state index >= 15 is 0 Å². The Kier molecular flexibility index (Phi) is 6.07. The van der Waals surface area contributed by atoms with Gasteiger partial charge in [0.05, 0.1) is 5.56 Å². The second kappa shape index (κ2) is 9.26. The number of nitrogens with one attached hydrogen (secondary N) is 2. The van der Waals surface area contributed by atoms with E-state index in [9.17, 15) is 14.0 Å². The molecule has 0 saturated carbocycles. The highest BCUT2D eigenvalue weighted by Gasteiger charge is 2.23. The van der Waals surface area contributed by atoms with Gasteiger partial charge in [0.2, 0.25) is 0 Å². The molecule has 160 valence electrons. The molecule has 0 aliphatic carbocycles. The van der Waals surface area contributed by atoms with Gasteiger partial charge in [0.1, 0.15) is 5.82 Å². The fourth-order valence-electron chi connectivity index (χ4n) is 3.37. The third kappa shape index (κ3) is 4.41. The zero-order valence-corrected chi connectivity index (χ0v) is 17.3. The molecule has 2 N–H and O–H groups in total. The number of oxazole rings is 1. The Morgan fingerprint density at radius 1 is 0.938 bits per heavy atom. The minimum Gasteiger partial charge on any atom is -0.443 e. The molecule has 3 aromatic carbocycles. The van der Waals surface area contributed by atoms with Gasteiger partial charge >= 0.3 is 0 Å². The maximum absolute atomic E-state index is 13.5. The molecule has 2 amide bonds. The van der Waals surface area contributed by atoms with E-state index in [1.807, 2.05) is 31.2 Å². The topological polar surface area (TPSA) is 84.2 Å². The average Bonchev–Trinajstić information content (AvgIpc) is 3.29. The third-order valence-corrected chi connectivity index (χ3v) is 4.93. The minimum absolute atomic E-state index is 0.0573. The normalized spacial score (nSPS) is 10.6. The first-order chi connectivity index (χ1) is 15.6. The van der Waals surface area contributed by atoms with Crippen molar-refractivity contribution in [2.24, 2.45) is 0 Å². The van der Waals surface area contributed by atoms with Crippen LogP contribution in [0.1, 0.15) is 33.3 Å². The molecule has 0 atom stereocenters. The van der Waals surface area contributed by atoms with Crippen LogP contribution in [0.25, 0.3) is 11.3 Å². The first-order valence-corrected chi connectivity index (χ1v) is 10.1. The average molecular weight is 429 g/mol. The molecule has 1 heterocycles. The number of hydrogen-bond donors (Lipinski definition) is 2. The molecule has 32 heavy (non-hydrogen) atoms. The molecule has 0 aliphatic rings. The number of carbonyl (C=O) groups is 2. The van der Waals surface area contributed by atoms with Gasteiger partial charge in [-0.25, -0.2) is 9.37 Å². The van der Waals surface area contributed by atoms with Crippen LogP contribution >= 0.6 is 0 Å². The lowest BCUT2D eigenvalue weighted by atomic mass is 10.0. The maximum Gasteiger partial charge on any atom is 0.278 e. The number of rotatable bonds is 6. The number of aryl methyl sites for hydroxylation is 1. The van der Waals surface area contributed by atoms with Crippen LogP contribution in [0.3, 0.4) is 0 Å². The maximum atomic E-state index is 13.5. The van der Waals surface area contributed by atoms with E-state index in [1.165, 1.54) is 18.2 Å². The molecule has 0 saturated heterocycles. The van der Waals surface area contributed by atoms with E-state index in [0.717, 1.165) is 18.4 Å². The number of carbonyl (C=O) groups excluding carboxylic acids is 2. The Balaban J connectivity index is 1.64. The summed E-state index contributed by atoms with van der Waals surface area (Å²) in [4.78, 5) is 30.0. The Morgan fingerprint density at radius 3 is 2.53 bits per heavy atom. The number of amides is 2. The summed E-state index contributed by atoms with van der Waals surface area (Å²) in [6, 6.07) is 19.8. The van der Waals surface area contributed by atoms with E-state index in [-0.39, 0.29) is 17.0 Å². The monoisotopic (exact) mass is 429 g/mol.